The highest BCUT2D eigenvalue weighted by atomic mass is 16.5. The standard InChI is InChI=1S/C17H19NO/c1-12-16(18)6-3-7-17(12)19-11-13-8-9-14-4-2-5-15(14)10-13/h3,6-10H,2,4-5,11,18H2,1H3. The van der Waals surface area contributed by atoms with Crippen molar-refractivity contribution in [3.05, 3.63) is 58.7 Å². The lowest BCUT2D eigenvalue weighted by Crippen LogP contribution is -2.00. The Labute approximate surface area is 114 Å². The highest BCUT2D eigenvalue weighted by Crippen LogP contribution is 2.26. The first kappa shape index (κ1) is 12.1. The van der Waals surface area contributed by atoms with E-state index in [1.165, 1.54) is 36.0 Å². The van der Waals surface area contributed by atoms with Crippen molar-refractivity contribution in [3.63, 3.8) is 0 Å². The summed E-state index contributed by atoms with van der Waals surface area (Å²) in [7, 11) is 0. The SMILES string of the molecule is Cc1c(N)cccc1OCc1ccc2c(c1)CCC2. The van der Waals surface area contributed by atoms with E-state index in [-0.39, 0.29) is 0 Å². The molecule has 0 saturated heterocycles. The monoisotopic (exact) mass is 253 g/mol. The molecule has 19 heavy (non-hydrogen) atoms. The quantitative estimate of drug-likeness (QED) is 0.847. The highest BCUT2D eigenvalue weighted by molar-refractivity contribution is 5.53. The summed E-state index contributed by atoms with van der Waals surface area (Å²) in [6.07, 6.45) is 3.72. The molecule has 2 aromatic rings. The summed E-state index contributed by atoms with van der Waals surface area (Å²) in [6.45, 7) is 2.60. The minimum atomic E-state index is 0.609. The molecular weight excluding hydrogens is 234 g/mol. The van der Waals surface area contributed by atoms with Crippen LogP contribution in [0.25, 0.3) is 0 Å². The number of anilines is 1. The van der Waals surface area contributed by atoms with Gasteiger partial charge in [0.15, 0.2) is 0 Å². The van der Waals surface area contributed by atoms with E-state index in [0.29, 0.717) is 6.61 Å². The lowest BCUT2D eigenvalue weighted by molar-refractivity contribution is 0.304. The predicted molar refractivity (Wildman–Crippen MR) is 78.4 cm³/mol. The molecule has 0 amide bonds. The van der Waals surface area contributed by atoms with Gasteiger partial charge in [0.1, 0.15) is 12.4 Å². The van der Waals surface area contributed by atoms with Crippen molar-refractivity contribution in [2.45, 2.75) is 32.8 Å². The number of nitrogens with two attached hydrogens (primary N) is 1. The van der Waals surface area contributed by atoms with Crippen LogP contribution in [0.1, 0.15) is 28.7 Å². The third-order valence-corrected chi connectivity index (χ3v) is 3.88. The van der Waals surface area contributed by atoms with E-state index < -0.39 is 0 Å². The smallest absolute Gasteiger partial charge is 0.124 e. The lowest BCUT2D eigenvalue weighted by atomic mass is 10.1. The first-order valence-electron chi connectivity index (χ1n) is 6.82. The van der Waals surface area contributed by atoms with E-state index in [0.717, 1.165) is 17.0 Å². The summed E-state index contributed by atoms with van der Waals surface area (Å²) in [4.78, 5) is 0. The van der Waals surface area contributed by atoms with Gasteiger partial charge in [-0.15, -0.1) is 0 Å². The average molecular weight is 253 g/mol. The summed E-state index contributed by atoms with van der Waals surface area (Å²) >= 11 is 0. The molecule has 2 aromatic carbocycles. The van der Waals surface area contributed by atoms with Crippen molar-refractivity contribution < 1.29 is 4.74 Å². The normalized spacial score (nSPS) is 13.3. The molecule has 1 aliphatic carbocycles. The number of hydrogen-bond acceptors (Lipinski definition) is 2. The zero-order chi connectivity index (χ0) is 13.2. The Morgan fingerprint density at radius 2 is 1.95 bits per heavy atom. The van der Waals surface area contributed by atoms with Gasteiger partial charge >= 0.3 is 0 Å². The van der Waals surface area contributed by atoms with E-state index in [9.17, 15) is 0 Å². The Morgan fingerprint density at radius 1 is 1.11 bits per heavy atom. The Balaban J connectivity index is 1.74. The van der Waals surface area contributed by atoms with Crippen molar-refractivity contribution >= 4 is 5.69 Å². The molecule has 0 unspecified atom stereocenters. The number of ether oxygens (including phenoxy) is 1. The average Bonchev–Trinajstić information content (AvgIpc) is 2.88. The van der Waals surface area contributed by atoms with Crippen LogP contribution >= 0.6 is 0 Å². The Kier molecular flexibility index (Phi) is 3.16. The maximum absolute atomic E-state index is 5.88. The fraction of sp³-hybridized carbons (Fsp3) is 0.294. The van der Waals surface area contributed by atoms with Crippen molar-refractivity contribution in [3.8, 4) is 5.75 Å². The first-order valence-corrected chi connectivity index (χ1v) is 6.82. The van der Waals surface area contributed by atoms with Gasteiger partial charge in [0.05, 0.1) is 0 Å². The van der Waals surface area contributed by atoms with Gasteiger partial charge in [-0.05, 0) is 55.0 Å². The van der Waals surface area contributed by atoms with Crippen LogP contribution < -0.4 is 10.5 Å². The lowest BCUT2D eigenvalue weighted by Gasteiger charge is -2.11. The van der Waals surface area contributed by atoms with E-state index in [4.69, 9.17) is 10.5 Å². The third-order valence-electron chi connectivity index (χ3n) is 3.88. The first-order chi connectivity index (χ1) is 9.24. The second kappa shape index (κ2) is 4.96. The molecule has 3 rings (SSSR count). The van der Waals surface area contributed by atoms with E-state index in [1.54, 1.807) is 0 Å². The van der Waals surface area contributed by atoms with Crippen LogP contribution in [0, 0.1) is 6.92 Å². The Hall–Kier alpha value is -1.96. The van der Waals surface area contributed by atoms with E-state index in [2.05, 4.69) is 18.2 Å². The molecule has 0 aliphatic heterocycles. The van der Waals surface area contributed by atoms with Crippen LogP contribution in [0.3, 0.4) is 0 Å². The van der Waals surface area contributed by atoms with Gasteiger partial charge < -0.3 is 10.5 Å². The van der Waals surface area contributed by atoms with Gasteiger partial charge in [-0.2, -0.15) is 0 Å². The van der Waals surface area contributed by atoms with Gasteiger partial charge in [-0.25, -0.2) is 0 Å². The molecule has 1 aliphatic rings. The van der Waals surface area contributed by atoms with Gasteiger partial charge in [-0.1, -0.05) is 24.3 Å². The van der Waals surface area contributed by atoms with Crippen LogP contribution in [0.4, 0.5) is 5.69 Å². The summed E-state index contributed by atoms with van der Waals surface area (Å²) in [5.41, 5.74) is 11.9. The van der Waals surface area contributed by atoms with Crippen molar-refractivity contribution in [2.24, 2.45) is 0 Å². The van der Waals surface area contributed by atoms with Gasteiger partial charge in [0.25, 0.3) is 0 Å². The van der Waals surface area contributed by atoms with Gasteiger partial charge in [0.2, 0.25) is 0 Å². The van der Waals surface area contributed by atoms with Crippen molar-refractivity contribution in [2.75, 3.05) is 5.73 Å². The maximum Gasteiger partial charge on any atom is 0.124 e. The molecule has 0 radical (unpaired) electrons. The van der Waals surface area contributed by atoms with Crippen LogP contribution in [-0.2, 0) is 19.4 Å². The van der Waals surface area contributed by atoms with E-state index in [1.807, 2.05) is 25.1 Å². The second-order valence-electron chi connectivity index (χ2n) is 5.22. The summed E-state index contributed by atoms with van der Waals surface area (Å²) in [5.74, 6) is 0.875. The molecule has 0 bridgehead atoms. The molecule has 2 N–H and O–H groups in total. The van der Waals surface area contributed by atoms with Crippen LogP contribution in [0.15, 0.2) is 36.4 Å². The second-order valence-corrected chi connectivity index (χ2v) is 5.22. The highest BCUT2D eigenvalue weighted by Gasteiger charge is 2.11. The van der Waals surface area contributed by atoms with Crippen molar-refractivity contribution in [1.29, 1.82) is 0 Å². The van der Waals surface area contributed by atoms with Crippen LogP contribution in [0.2, 0.25) is 0 Å². The molecule has 0 saturated carbocycles. The molecule has 98 valence electrons. The number of aryl methyl sites for hydroxylation is 2. The maximum atomic E-state index is 5.88. The van der Waals surface area contributed by atoms with Gasteiger partial charge in [-0.3, -0.25) is 0 Å². The number of hydrogen-bond donors (Lipinski definition) is 1. The Bertz CT molecular complexity index is 604. The van der Waals surface area contributed by atoms with Crippen LogP contribution in [-0.4, -0.2) is 0 Å². The largest absolute Gasteiger partial charge is 0.489 e. The molecule has 0 fully saturated rings. The number of rotatable bonds is 3. The van der Waals surface area contributed by atoms with Gasteiger partial charge in [0, 0.05) is 11.3 Å². The number of nitrogen functional groups attached to an aromatic ring is 1. The molecular formula is C17H19NO. The summed E-state index contributed by atoms with van der Waals surface area (Å²) in [5, 5.41) is 0. The fourth-order valence-electron chi connectivity index (χ4n) is 2.66. The van der Waals surface area contributed by atoms with Crippen LogP contribution in [0.5, 0.6) is 5.75 Å². The molecule has 0 spiro atoms. The summed E-state index contributed by atoms with van der Waals surface area (Å²) in [6, 6.07) is 12.5. The molecule has 0 atom stereocenters. The predicted octanol–water partition coefficient (Wildman–Crippen LogP) is 3.64. The molecule has 0 aromatic heterocycles. The third kappa shape index (κ3) is 2.43. The summed E-state index contributed by atoms with van der Waals surface area (Å²) < 4.78 is 5.88. The molecule has 0 heterocycles. The minimum absolute atomic E-state index is 0.609. The number of benzene rings is 2. The zero-order valence-electron chi connectivity index (χ0n) is 11.3. The number of fused-ring (bicyclic) bond motifs is 1. The minimum Gasteiger partial charge on any atom is -0.489 e. The molecule has 2 heteroatoms. The zero-order valence-corrected chi connectivity index (χ0v) is 11.3. The van der Waals surface area contributed by atoms with E-state index >= 15 is 0 Å². The Morgan fingerprint density at radius 3 is 2.84 bits per heavy atom. The topological polar surface area (TPSA) is 35.2 Å². The van der Waals surface area contributed by atoms with Crippen molar-refractivity contribution in [1.82, 2.24) is 0 Å². The fourth-order valence-corrected chi connectivity index (χ4v) is 2.66. The molecule has 2 nitrogen and oxygen atoms in total.